The predicted octanol–water partition coefficient (Wildman–Crippen LogP) is 4.00. The summed E-state index contributed by atoms with van der Waals surface area (Å²) in [5.41, 5.74) is 3.62. The first kappa shape index (κ1) is 30.0. The largest absolute Gasteiger partial charge is 0.480 e. The summed E-state index contributed by atoms with van der Waals surface area (Å²) in [4.78, 5) is 49.8. The zero-order chi connectivity index (χ0) is 29.1. The van der Waals surface area contributed by atoms with Gasteiger partial charge < -0.3 is 20.5 Å². The summed E-state index contributed by atoms with van der Waals surface area (Å²) < 4.78 is 5.10. The summed E-state index contributed by atoms with van der Waals surface area (Å²) in [6.45, 7) is 5.19. The summed E-state index contributed by atoms with van der Waals surface area (Å²) in [5, 5.41) is 18.1. The van der Waals surface area contributed by atoms with Crippen LogP contribution in [-0.4, -0.2) is 47.0 Å². The van der Waals surface area contributed by atoms with Gasteiger partial charge in [-0.05, 0) is 41.7 Å². The minimum absolute atomic E-state index is 0.246. The van der Waals surface area contributed by atoms with Gasteiger partial charge in [0.2, 0.25) is 5.91 Å². The van der Waals surface area contributed by atoms with Crippen LogP contribution >= 0.6 is 0 Å². The average Bonchev–Trinajstić information content (AvgIpc) is 2.95. The van der Waals surface area contributed by atoms with Gasteiger partial charge in [0.25, 0.3) is 0 Å². The molecule has 0 heterocycles. The molecule has 1 unspecified atom stereocenters. The molecule has 0 aliphatic rings. The van der Waals surface area contributed by atoms with Gasteiger partial charge in [0.05, 0.1) is 6.42 Å². The number of nitrogens with one attached hydrogen (secondary N) is 3. The minimum atomic E-state index is -1.36. The van der Waals surface area contributed by atoms with E-state index in [1.54, 1.807) is 20.8 Å². The number of carbonyl (C=O) groups is 4. The molecule has 3 aromatic carbocycles. The third kappa shape index (κ3) is 9.06. The van der Waals surface area contributed by atoms with Gasteiger partial charge >= 0.3 is 17.9 Å². The quantitative estimate of drug-likeness (QED) is 0.187. The van der Waals surface area contributed by atoms with Crippen LogP contribution in [0.5, 0.6) is 0 Å². The lowest BCUT2D eigenvalue weighted by atomic mass is 10.0. The summed E-state index contributed by atoms with van der Waals surface area (Å²) in [6.07, 6.45) is -0.399. The maximum atomic E-state index is 12.9. The summed E-state index contributed by atoms with van der Waals surface area (Å²) in [5.74, 6) is -3.93. The Hall–Kier alpha value is -4.50. The molecule has 0 fully saturated rings. The van der Waals surface area contributed by atoms with Crippen molar-refractivity contribution in [2.24, 2.45) is 5.92 Å². The Morgan fingerprint density at radius 3 is 1.93 bits per heavy atom. The Kier molecular flexibility index (Phi) is 11.0. The summed E-state index contributed by atoms with van der Waals surface area (Å²) in [6, 6.07) is 23.2. The highest BCUT2D eigenvalue weighted by Gasteiger charge is 2.33. The molecule has 0 radical (unpaired) electrons. The van der Waals surface area contributed by atoms with Crippen LogP contribution in [0, 0.1) is 5.92 Å². The fourth-order valence-electron chi connectivity index (χ4n) is 3.97. The van der Waals surface area contributed by atoms with Gasteiger partial charge in [-0.1, -0.05) is 86.6 Å². The zero-order valence-corrected chi connectivity index (χ0v) is 22.8. The fourth-order valence-corrected chi connectivity index (χ4v) is 3.97. The highest BCUT2D eigenvalue weighted by atomic mass is 16.6. The van der Waals surface area contributed by atoms with E-state index in [0.717, 1.165) is 16.7 Å². The van der Waals surface area contributed by atoms with E-state index in [0.29, 0.717) is 5.69 Å². The second kappa shape index (κ2) is 14.6. The van der Waals surface area contributed by atoms with Crippen LogP contribution in [0.1, 0.15) is 32.8 Å². The number of amides is 1. The van der Waals surface area contributed by atoms with Crippen LogP contribution in [-0.2, 0) is 30.5 Å². The Bertz CT molecular complexity index is 1280. The number of hydrogen-bond donors (Lipinski definition) is 4. The first-order chi connectivity index (χ1) is 19.1. The first-order valence-corrected chi connectivity index (χ1v) is 13.1. The highest BCUT2D eigenvalue weighted by molar-refractivity contribution is 5.92. The van der Waals surface area contributed by atoms with Crippen LogP contribution in [0.15, 0.2) is 84.9 Å². The van der Waals surface area contributed by atoms with Gasteiger partial charge in [-0.15, -0.1) is 0 Å². The molecule has 0 aromatic heterocycles. The molecule has 0 spiro atoms. The van der Waals surface area contributed by atoms with Crippen LogP contribution in [0.4, 0.5) is 5.69 Å². The molecule has 0 bridgehead atoms. The molecule has 9 nitrogen and oxygen atoms in total. The van der Waals surface area contributed by atoms with Crippen LogP contribution in [0.3, 0.4) is 0 Å². The molecule has 40 heavy (non-hydrogen) atoms. The number of benzene rings is 3. The van der Waals surface area contributed by atoms with Crippen molar-refractivity contribution in [2.45, 2.75) is 51.9 Å². The number of hydrogen-bond acceptors (Lipinski definition) is 7. The van der Waals surface area contributed by atoms with E-state index in [-0.39, 0.29) is 6.54 Å². The lowest BCUT2D eigenvalue weighted by Crippen LogP contribution is -2.52. The van der Waals surface area contributed by atoms with Crippen LogP contribution in [0.2, 0.25) is 0 Å². The number of ether oxygens (including phenoxy) is 1. The molecule has 0 saturated heterocycles. The molecule has 1 amide bonds. The van der Waals surface area contributed by atoms with Gasteiger partial charge in [0.15, 0.2) is 0 Å². The number of rotatable bonds is 13. The fraction of sp³-hybridized carbons (Fsp3) is 0.290. The van der Waals surface area contributed by atoms with E-state index in [1.807, 2.05) is 84.9 Å². The van der Waals surface area contributed by atoms with E-state index in [9.17, 15) is 24.3 Å². The van der Waals surface area contributed by atoms with E-state index < -0.39 is 54.3 Å². The van der Waals surface area contributed by atoms with E-state index in [2.05, 4.69) is 16.0 Å². The van der Waals surface area contributed by atoms with Crippen LogP contribution < -0.4 is 16.0 Å². The number of carbonyl (C=O) groups excluding carboxylic acids is 3. The van der Waals surface area contributed by atoms with Crippen molar-refractivity contribution in [3.8, 4) is 11.1 Å². The first-order valence-electron chi connectivity index (χ1n) is 13.1. The lowest BCUT2D eigenvalue weighted by molar-refractivity contribution is -0.162. The number of carboxylic acids is 1. The normalized spacial score (nSPS) is 13.1. The van der Waals surface area contributed by atoms with Crippen molar-refractivity contribution in [2.75, 3.05) is 5.32 Å². The Balaban J connectivity index is 1.55. The molecule has 210 valence electrons. The second-order valence-corrected chi connectivity index (χ2v) is 9.80. The van der Waals surface area contributed by atoms with Crippen molar-refractivity contribution in [1.82, 2.24) is 10.6 Å². The van der Waals surface area contributed by atoms with Crippen LogP contribution in [0.25, 0.3) is 11.1 Å². The molecular formula is C31H35N3O6. The van der Waals surface area contributed by atoms with Gasteiger partial charge in [-0.2, -0.15) is 0 Å². The maximum Gasteiger partial charge on any atom is 0.335 e. The molecule has 3 rings (SSSR count). The average molecular weight is 546 g/mol. The monoisotopic (exact) mass is 545 g/mol. The third-order valence-electron chi connectivity index (χ3n) is 6.25. The molecule has 0 aliphatic heterocycles. The third-order valence-corrected chi connectivity index (χ3v) is 6.25. The van der Waals surface area contributed by atoms with E-state index in [4.69, 9.17) is 4.74 Å². The lowest BCUT2D eigenvalue weighted by Gasteiger charge is -2.25. The van der Waals surface area contributed by atoms with E-state index in [1.165, 1.54) is 0 Å². The van der Waals surface area contributed by atoms with Crippen molar-refractivity contribution in [3.05, 3.63) is 90.5 Å². The van der Waals surface area contributed by atoms with Crippen molar-refractivity contribution in [1.29, 1.82) is 0 Å². The standard InChI is InChI=1S/C31H35N3O6/c1-20(2)28(34-26(29(36)37)18-27(35)32-19-22-10-6-4-7-11-22)31(39)40-30(38)21(3)33-25-16-14-24(15-17-25)23-12-8-5-9-13-23/h4-17,20-21,26,28,33-34H,18-19H2,1-3H3,(H,32,35)(H,36,37)/t21-,26?,28-/m0/s1. The van der Waals surface area contributed by atoms with Crippen molar-refractivity contribution in [3.63, 3.8) is 0 Å². The number of esters is 2. The Labute approximate surface area is 233 Å². The SMILES string of the molecule is CC(C)[C@H](NC(CC(=O)NCc1ccccc1)C(=O)O)C(=O)OC(=O)[C@H](C)Nc1ccc(-c2ccccc2)cc1. The van der Waals surface area contributed by atoms with Crippen molar-refractivity contribution >= 4 is 29.5 Å². The van der Waals surface area contributed by atoms with Crippen molar-refractivity contribution < 1.29 is 29.0 Å². The second-order valence-electron chi connectivity index (χ2n) is 9.80. The van der Waals surface area contributed by atoms with E-state index >= 15 is 0 Å². The Morgan fingerprint density at radius 2 is 1.35 bits per heavy atom. The van der Waals surface area contributed by atoms with Gasteiger partial charge in [-0.3, -0.25) is 14.9 Å². The minimum Gasteiger partial charge on any atom is -0.480 e. The predicted molar refractivity (Wildman–Crippen MR) is 152 cm³/mol. The Morgan fingerprint density at radius 1 is 0.775 bits per heavy atom. The van der Waals surface area contributed by atoms with Gasteiger partial charge in [-0.25, -0.2) is 9.59 Å². The molecule has 3 aromatic rings. The number of anilines is 1. The molecule has 9 heteroatoms. The number of aliphatic carboxylic acids is 1. The molecule has 3 atom stereocenters. The molecule has 4 N–H and O–H groups in total. The summed E-state index contributed by atoms with van der Waals surface area (Å²) in [7, 11) is 0. The maximum absolute atomic E-state index is 12.9. The van der Waals surface area contributed by atoms with Gasteiger partial charge in [0.1, 0.15) is 18.1 Å². The highest BCUT2D eigenvalue weighted by Crippen LogP contribution is 2.21. The smallest absolute Gasteiger partial charge is 0.335 e. The zero-order valence-electron chi connectivity index (χ0n) is 22.8. The summed E-state index contributed by atoms with van der Waals surface area (Å²) >= 11 is 0. The number of carboxylic acid groups (broad SMARTS) is 1. The van der Waals surface area contributed by atoms with Gasteiger partial charge in [0, 0.05) is 12.2 Å². The molecular weight excluding hydrogens is 510 g/mol. The molecule has 0 saturated carbocycles. The topological polar surface area (TPSA) is 134 Å². The molecule has 0 aliphatic carbocycles.